The summed E-state index contributed by atoms with van der Waals surface area (Å²) in [6.45, 7) is 0. The molecule has 26 heavy (non-hydrogen) atoms. The van der Waals surface area contributed by atoms with Gasteiger partial charge in [-0.05, 0) is 36.4 Å². The molecule has 0 atom stereocenters. The summed E-state index contributed by atoms with van der Waals surface area (Å²) < 4.78 is 6.78. The van der Waals surface area contributed by atoms with Crippen molar-refractivity contribution < 1.29 is 4.74 Å². The zero-order valence-corrected chi connectivity index (χ0v) is 15.9. The molecular weight excluding hydrogens is 412 g/mol. The molecule has 7 heteroatoms. The zero-order chi connectivity index (χ0) is 17.9. The fourth-order valence-electron chi connectivity index (χ4n) is 2.40. The number of hydrogen-bond donors (Lipinski definition) is 1. The number of nitrogens with two attached hydrogens (primary N) is 1. The number of fused-ring (bicyclic) bond motifs is 1. The molecule has 2 N–H and O–H groups in total. The number of benzene rings is 2. The van der Waals surface area contributed by atoms with Crippen LogP contribution in [0.15, 0.2) is 81.5 Å². The Morgan fingerprint density at radius 1 is 0.923 bits per heavy atom. The van der Waals surface area contributed by atoms with Crippen molar-refractivity contribution >= 4 is 44.3 Å². The summed E-state index contributed by atoms with van der Waals surface area (Å²) in [6, 6.07) is 17.4. The van der Waals surface area contributed by atoms with E-state index in [2.05, 4.69) is 30.9 Å². The Bertz CT molecular complexity index is 1070. The maximum atomic E-state index is 6.25. The summed E-state index contributed by atoms with van der Waals surface area (Å²) in [7, 11) is 0. The summed E-state index contributed by atoms with van der Waals surface area (Å²) in [5.41, 5.74) is 7.56. The molecule has 0 aliphatic carbocycles. The zero-order valence-electron chi connectivity index (χ0n) is 13.5. The Hall–Kier alpha value is -2.64. The lowest BCUT2D eigenvalue weighted by Gasteiger charge is -2.10. The van der Waals surface area contributed by atoms with Gasteiger partial charge in [0.05, 0.1) is 5.52 Å². The molecule has 0 bridgehead atoms. The van der Waals surface area contributed by atoms with Crippen LogP contribution < -0.4 is 10.5 Å². The highest BCUT2D eigenvalue weighted by Crippen LogP contribution is 2.37. The van der Waals surface area contributed by atoms with Gasteiger partial charge in [0.2, 0.25) is 5.88 Å². The van der Waals surface area contributed by atoms with E-state index in [1.54, 1.807) is 6.20 Å². The van der Waals surface area contributed by atoms with E-state index < -0.39 is 0 Å². The molecule has 0 aliphatic rings. The maximum absolute atomic E-state index is 6.25. The smallest absolute Gasteiger partial charge is 0.247 e. The van der Waals surface area contributed by atoms with Gasteiger partial charge in [-0.1, -0.05) is 45.9 Å². The Balaban J connectivity index is 1.66. The first-order valence-electron chi connectivity index (χ1n) is 7.76. The predicted molar refractivity (Wildman–Crippen MR) is 107 cm³/mol. The monoisotopic (exact) mass is 424 g/mol. The molecule has 0 saturated carbocycles. The van der Waals surface area contributed by atoms with Gasteiger partial charge in [-0.2, -0.15) is 4.98 Å². The average Bonchev–Trinajstić information content (AvgIpc) is 2.67. The number of nitrogens with zero attached hydrogens (tertiary/aromatic N) is 3. The van der Waals surface area contributed by atoms with E-state index in [1.165, 1.54) is 18.1 Å². The van der Waals surface area contributed by atoms with Gasteiger partial charge in [0.15, 0.2) is 0 Å². The van der Waals surface area contributed by atoms with Crippen molar-refractivity contribution in [3.63, 3.8) is 0 Å². The first-order chi connectivity index (χ1) is 12.7. The Kier molecular flexibility index (Phi) is 4.73. The summed E-state index contributed by atoms with van der Waals surface area (Å²) >= 11 is 4.84. The molecule has 0 aliphatic heterocycles. The van der Waals surface area contributed by atoms with Gasteiger partial charge in [0.25, 0.3) is 0 Å². The van der Waals surface area contributed by atoms with Gasteiger partial charge < -0.3 is 10.5 Å². The standard InChI is InChI=1S/C19H13BrN4OS/c20-13-6-8-14(9-7-13)25-18-16(21)19(24-11-23-18)26-15-5-1-3-12-4-2-10-22-17(12)15/h1-11H,21H2. The first-order valence-corrected chi connectivity index (χ1v) is 9.37. The average molecular weight is 425 g/mol. The third-order valence-electron chi connectivity index (χ3n) is 3.64. The van der Waals surface area contributed by atoms with Crippen molar-refractivity contribution in [2.75, 3.05) is 5.73 Å². The van der Waals surface area contributed by atoms with E-state index in [0.29, 0.717) is 22.3 Å². The summed E-state index contributed by atoms with van der Waals surface area (Å²) in [5, 5.41) is 1.70. The highest BCUT2D eigenvalue weighted by atomic mass is 79.9. The van der Waals surface area contributed by atoms with Crippen LogP contribution in [0.2, 0.25) is 0 Å². The minimum atomic E-state index is 0.331. The molecule has 0 radical (unpaired) electrons. The van der Waals surface area contributed by atoms with E-state index in [9.17, 15) is 0 Å². The Labute approximate surface area is 162 Å². The molecule has 0 saturated heterocycles. The van der Waals surface area contributed by atoms with E-state index in [4.69, 9.17) is 10.5 Å². The normalized spacial score (nSPS) is 10.8. The molecule has 4 aromatic rings. The molecule has 128 valence electrons. The van der Waals surface area contributed by atoms with Gasteiger partial charge >= 0.3 is 0 Å². The lowest BCUT2D eigenvalue weighted by atomic mass is 10.2. The van der Waals surface area contributed by atoms with Crippen molar-refractivity contribution in [1.29, 1.82) is 0 Å². The van der Waals surface area contributed by atoms with Crippen LogP contribution in [0.25, 0.3) is 10.9 Å². The molecule has 0 unspecified atom stereocenters. The highest BCUT2D eigenvalue weighted by Gasteiger charge is 2.13. The lowest BCUT2D eigenvalue weighted by molar-refractivity contribution is 0.462. The molecule has 2 aromatic heterocycles. The second-order valence-corrected chi connectivity index (χ2v) is 7.33. The molecule has 2 heterocycles. The number of nitrogen functional groups attached to an aromatic ring is 1. The number of pyridine rings is 1. The molecule has 0 spiro atoms. The van der Waals surface area contributed by atoms with Crippen LogP contribution in [0.4, 0.5) is 5.69 Å². The summed E-state index contributed by atoms with van der Waals surface area (Å²) in [6.07, 6.45) is 3.23. The van der Waals surface area contributed by atoms with Gasteiger partial charge in [-0.25, -0.2) is 4.98 Å². The Morgan fingerprint density at radius 2 is 1.73 bits per heavy atom. The fourth-order valence-corrected chi connectivity index (χ4v) is 3.59. The van der Waals surface area contributed by atoms with E-state index in [1.807, 2.05) is 54.6 Å². The summed E-state index contributed by atoms with van der Waals surface area (Å²) in [4.78, 5) is 13.9. The van der Waals surface area contributed by atoms with Crippen molar-refractivity contribution in [2.24, 2.45) is 0 Å². The van der Waals surface area contributed by atoms with Gasteiger partial charge in [-0.15, -0.1) is 0 Å². The second kappa shape index (κ2) is 7.31. The molecule has 2 aromatic carbocycles. The highest BCUT2D eigenvalue weighted by molar-refractivity contribution is 9.10. The number of para-hydroxylation sites is 1. The molecule has 0 fully saturated rings. The second-order valence-electron chi connectivity index (χ2n) is 5.39. The molecule has 4 rings (SSSR count). The van der Waals surface area contributed by atoms with Crippen LogP contribution in [-0.4, -0.2) is 15.0 Å². The van der Waals surface area contributed by atoms with Crippen LogP contribution in [-0.2, 0) is 0 Å². The number of halogens is 1. The number of anilines is 1. The van der Waals surface area contributed by atoms with Gasteiger partial charge in [-0.3, -0.25) is 4.98 Å². The fraction of sp³-hybridized carbons (Fsp3) is 0. The van der Waals surface area contributed by atoms with Gasteiger partial charge in [0, 0.05) is 21.0 Å². The first kappa shape index (κ1) is 16.8. The number of aromatic nitrogens is 3. The third-order valence-corrected chi connectivity index (χ3v) is 5.24. The van der Waals surface area contributed by atoms with E-state index >= 15 is 0 Å². The minimum absolute atomic E-state index is 0.331. The minimum Gasteiger partial charge on any atom is -0.437 e. The number of hydrogen-bond acceptors (Lipinski definition) is 6. The number of rotatable bonds is 4. The lowest BCUT2D eigenvalue weighted by Crippen LogP contribution is -1.99. The molecule has 0 amide bonds. The van der Waals surface area contributed by atoms with Crippen LogP contribution in [0.5, 0.6) is 11.6 Å². The van der Waals surface area contributed by atoms with Crippen LogP contribution >= 0.6 is 27.7 Å². The van der Waals surface area contributed by atoms with Crippen LogP contribution in [0, 0.1) is 0 Å². The SMILES string of the molecule is Nc1c(Oc2ccc(Br)cc2)ncnc1Sc1cccc2cccnc12. The van der Waals surface area contributed by atoms with Crippen molar-refractivity contribution in [2.45, 2.75) is 9.92 Å². The van der Waals surface area contributed by atoms with Crippen molar-refractivity contribution in [3.8, 4) is 11.6 Å². The largest absolute Gasteiger partial charge is 0.437 e. The summed E-state index contributed by atoms with van der Waals surface area (Å²) in [5.74, 6) is 0.986. The van der Waals surface area contributed by atoms with E-state index in [-0.39, 0.29) is 0 Å². The third kappa shape index (κ3) is 3.49. The Morgan fingerprint density at radius 3 is 2.58 bits per heavy atom. The van der Waals surface area contributed by atoms with Crippen LogP contribution in [0.3, 0.4) is 0 Å². The van der Waals surface area contributed by atoms with Crippen molar-refractivity contribution in [3.05, 3.63) is 71.6 Å². The predicted octanol–water partition coefficient (Wildman–Crippen LogP) is 5.31. The van der Waals surface area contributed by atoms with E-state index in [0.717, 1.165) is 20.3 Å². The maximum Gasteiger partial charge on any atom is 0.247 e. The molecule has 5 nitrogen and oxygen atoms in total. The number of ether oxygens (including phenoxy) is 1. The van der Waals surface area contributed by atoms with Crippen molar-refractivity contribution in [1.82, 2.24) is 15.0 Å². The molecular formula is C19H13BrN4OS. The van der Waals surface area contributed by atoms with Gasteiger partial charge in [0.1, 0.15) is 22.8 Å². The quantitative estimate of drug-likeness (QED) is 0.447. The van der Waals surface area contributed by atoms with Crippen LogP contribution in [0.1, 0.15) is 0 Å². The topological polar surface area (TPSA) is 73.9 Å².